The summed E-state index contributed by atoms with van der Waals surface area (Å²) in [6.07, 6.45) is 1.10. The van der Waals surface area contributed by atoms with Crippen molar-refractivity contribution in [2.75, 3.05) is 6.54 Å². The average Bonchev–Trinajstić information content (AvgIpc) is 3.27. The lowest BCUT2D eigenvalue weighted by molar-refractivity contribution is -0.124. The van der Waals surface area contributed by atoms with Crippen LogP contribution in [0.2, 0.25) is 0 Å². The molecule has 5 nitrogen and oxygen atoms in total. The number of halogens is 2. The van der Waals surface area contributed by atoms with Gasteiger partial charge in [-0.05, 0) is 48.1 Å². The minimum absolute atomic E-state index is 0.126. The predicted octanol–water partition coefficient (Wildman–Crippen LogP) is 3.12. The lowest BCUT2D eigenvalue weighted by atomic mass is 10.2. The van der Waals surface area contributed by atoms with Gasteiger partial charge >= 0.3 is 0 Å². The molecule has 1 aliphatic heterocycles. The van der Waals surface area contributed by atoms with Gasteiger partial charge < -0.3 is 5.32 Å². The fourth-order valence-corrected chi connectivity index (χ4v) is 5.96. The zero-order valence-corrected chi connectivity index (χ0v) is 16.3. The first-order valence-corrected chi connectivity index (χ1v) is 10.8. The summed E-state index contributed by atoms with van der Waals surface area (Å²) in [5, 5.41) is 4.41. The molecule has 0 unspecified atom stereocenters. The van der Waals surface area contributed by atoms with E-state index in [2.05, 4.69) is 21.2 Å². The van der Waals surface area contributed by atoms with Crippen molar-refractivity contribution in [2.24, 2.45) is 0 Å². The van der Waals surface area contributed by atoms with Crippen molar-refractivity contribution in [1.82, 2.24) is 9.62 Å². The highest BCUT2D eigenvalue weighted by Crippen LogP contribution is 2.28. The molecule has 0 radical (unpaired) electrons. The van der Waals surface area contributed by atoms with Crippen LogP contribution in [0.15, 0.2) is 44.4 Å². The van der Waals surface area contributed by atoms with Crippen molar-refractivity contribution in [1.29, 1.82) is 0 Å². The molecule has 25 heavy (non-hydrogen) atoms. The second kappa shape index (κ2) is 7.53. The van der Waals surface area contributed by atoms with E-state index in [1.165, 1.54) is 22.5 Å². The van der Waals surface area contributed by atoms with Crippen LogP contribution in [0.4, 0.5) is 4.39 Å². The third kappa shape index (κ3) is 3.94. The topological polar surface area (TPSA) is 66.5 Å². The second-order valence-corrected chi connectivity index (χ2v) is 9.58. The van der Waals surface area contributed by atoms with Crippen LogP contribution < -0.4 is 5.32 Å². The summed E-state index contributed by atoms with van der Waals surface area (Å²) in [4.78, 5) is 12.5. The van der Waals surface area contributed by atoms with Gasteiger partial charge in [0.1, 0.15) is 16.1 Å². The van der Waals surface area contributed by atoms with Gasteiger partial charge in [0.2, 0.25) is 5.91 Å². The third-order valence-electron chi connectivity index (χ3n) is 4.03. The largest absolute Gasteiger partial charge is 0.351 e. The van der Waals surface area contributed by atoms with Crippen LogP contribution >= 0.6 is 27.3 Å². The number of nitrogens with zero attached hydrogens (tertiary/aromatic N) is 1. The highest BCUT2D eigenvalue weighted by atomic mass is 79.9. The Morgan fingerprint density at radius 2 is 2.20 bits per heavy atom. The van der Waals surface area contributed by atoms with Crippen LogP contribution in [0, 0.1) is 5.82 Å². The molecule has 1 atom stereocenters. The van der Waals surface area contributed by atoms with E-state index in [9.17, 15) is 17.6 Å². The highest BCUT2D eigenvalue weighted by Gasteiger charge is 2.39. The van der Waals surface area contributed by atoms with Crippen LogP contribution in [0.25, 0.3) is 0 Å². The summed E-state index contributed by atoms with van der Waals surface area (Å²) >= 11 is 4.45. The number of carbonyl (C=O) groups excluding carboxylic acids is 1. The maximum Gasteiger partial charge on any atom is 0.253 e. The van der Waals surface area contributed by atoms with Crippen LogP contribution in [0.3, 0.4) is 0 Å². The van der Waals surface area contributed by atoms with Crippen molar-refractivity contribution in [3.05, 3.63) is 51.6 Å². The first-order valence-electron chi connectivity index (χ1n) is 7.66. The van der Waals surface area contributed by atoms with Gasteiger partial charge in [0.25, 0.3) is 10.0 Å². The van der Waals surface area contributed by atoms with Gasteiger partial charge in [-0.15, -0.1) is 11.3 Å². The number of hydrogen-bond acceptors (Lipinski definition) is 4. The van der Waals surface area contributed by atoms with Crippen LogP contribution in [-0.4, -0.2) is 31.2 Å². The standard InChI is InChI=1S/C16H16BrFN2O3S2/c17-13-6-5-12(18)9-11(13)10-19-16(21)14-3-1-7-20(14)25(22,23)15-4-2-8-24-15/h2,4-6,8-9,14H,1,3,7,10H2,(H,19,21)/t14-/m1/s1. The molecular weight excluding hydrogens is 431 g/mol. The zero-order chi connectivity index (χ0) is 18.0. The Morgan fingerprint density at radius 3 is 2.92 bits per heavy atom. The fourth-order valence-electron chi connectivity index (χ4n) is 2.79. The number of amides is 1. The molecule has 0 bridgehead atoms. The minimum atomic E-state index is -3.67. The number of hydrogen-bond donors (Lipinski definition) is 1. The molecule has 1 N–H and O–H groups in total. The first kappa shape index (κ1) is 18.5. The van der Waals surface area contributed by atoms with E-state index in [1.54, 1.807) is 17.5 Å². The van der Waals surface area contributed by atoms with Gasteiger partial charge in [0.05, 0.1) is 0 Å². The van der Waals surface area contributed by atoms with Crippen LogP contribution in [0.1, 0.15) is 18.4 Å². The van der Waals surface area contributed by atoms with Gasteiger partial charge in [-0.2, -0.15) is 4.31 Å². The Hall–Kier alpha value is -1.29. The SMILES string of the molecule is O=C(NCc1cc(F)ccc1Br)[C@H]1CCCN1S(=O)(=O)c1cccs1. The quantitative estimate of drug-likeness (QED) is 0.766. The van der Waals surface area contributed by atoms with Gasteiger partial charge in [-0.1, -0.05) is 22.0 Å². The molecular formula is C16H16BrFN2O3S2. The summed E-state index contributed by atoms with van der Waals surface area (Å²) in [7, 11) is -3.67. The van der Waals surface area contributed by atoms with Crippen molar-refractivity contribution in [2.45, 2.75) is 29.6 Å². The number of rotatable bonds is 5. The molecule has 3 rings (SSSR count). The Morgan fingerprint density at radius 1 is 1.40 bits per heavy atom. The van der Waals surface area contributed by atoms with E-state index < -0.39 is 21.9 Å². The molecule has 1 saturated heterocycles. The Bertz CT molecular complexity index is 872. The van der Waals surface area contributed by atoms with E-state index in [-0.39, 0.29) is 16.7 Å². The van der Waals surface area contributed by atoms with E-state index in [1.807, 2.05) is 0 Å². The normalized spacial score (nSPS) is 18.4. The molecule has 0 aliphatic carbocycles. The average molecular weight is 447 g/mol. The summed E-state index contributed by atoms with van der Waals surface area (Å²) in [6.45, 7) is 0.447. The van der Waals surface area contributed by atoms with Gasteiger partial charge in [0, 0.05) is 17.6 Å². The fraction of sp³-hybridized carbons (Fsp3) is 0.312. The molecule has 2 heterocycles. The number of sulfonamides is 1. The zero-order valence-electron chi connectivity index (χ0n) is 13.1. The summed E-state index contributed by atoms with van der Waals surface area (Å²) < 4.78 is 40.9. The molecule has 0 saturated carbocycles. The third-order valence-corrected chi connectivity index (χ3v) is 8.08. The molecule has 9 heteroatoms. The number of thiophene rings is 1. The number of benzene rings is 1. The van der Waals surface area contributed by atoms with Gasteiger partial charge in [0.15, 0.2) is 0 Å². The Balaban J connectivity index is 1.72. The summed E-state index contributed by atoms with van der Waals surface area (Å²) in [5.41, 5.74) is 0.596. The molecule has 1 aromatic carbocycles. The molecule has 1 aromatic heterocycles. The predicted molar refractivity (Wildman–Crippen MR) is 97.2 cm³/mol. The molecule has 2 aromatic rings. The van der Waals surface area contributed by atoms with E-state index in [0.29, 0.717) is 29.4 Å². The van der Waals surface area contributed by atoms with E-state index >= 15 is 0 Å². The van der Waals surface area contributed by atoms with E-state index in [4.69, 9.17) is 0 Å². The van der Waals surface area contributed by atoms with Gasteiger partial charge in [-0.3, -0.25) is 4.79 Å². The van der Waals surface area contributed by atoms with Gasteiger partial charge in [-0.25, -0.2) is 12.8 Å². The molecule has 0 spiro atoms. The first-order chi connectivity index (χ1) is 11.9. The second-order valence-electron chi connectivity index (χ2n) is 5.66. The van der Waals surface area contributed by atoms with Crippen LogP contribution in [-0.2, 0) is 21.4 Å². The van der Waals surface area contributed by atoms with Crippen molar-refractivity contribution in [3.8, 4) is 0 Å². The maximum absolute atomic E-state index is 13.3. The van der Waals surface area contributed by atoms with Crippen molar-refractivity contribution in [3.63, 3.8) is 0 Å². The van der Waals surface area contributed by atoms with Crippen molar-refractivity contribution >= 4 is 43.2 Å². The molecule has 1 aliphatic rings. The lowest BCUT2D eigenvalue weighted by Gasteiger charge is -2.22. The smallest absolute Gasteiger partial charge is 0.253 e. The maximum atomic E-state index is 13.3. The Labute approximate surface area is 158 Å². The molecule has 1 fully saturated rings. The lowest BCUT2D eigenvalue weighted by Crippen LogP contribution is -2.45. The van der Waals surface area contributed by atoms with E-state index in [0.717, 1.165) is 11.3 Å². The monoisotopic (exact) mass is 446 g/mol. The number of carbonyl (C=O) groups is 1. The summed E-state index contributed by atoms with van der Waals surface area (Å²) in [6, 6.07) is 6.70. The molecule has 134 valence electrons. The minimum Gasteiger partial charge on any atom is -0.351 e. The number of nitrogens with one attached hydrogen (secondary N) is 1. The van der Waals surface area contributed by atoms with Crippen molar-refractivity contribution < 1.29 is 17.6 Å². The molecule has 1 amide bonds. The summed E-state index contributed by atoms with van der Waals surface area (Å²) in [5.74, 6) is -0.760. The highest BCUT2D eigenvalue weighted by molar-refractivity contribution is 9.10. The van der Waals surface area contributed by atoms with Crippen LogP contribution in [0.5, 0.6) is 0 Å². The Kier molecular flexibility index (Phi) is 5.57.